The number of likely N-dealkylation sites (tertiary alicyclic amines) is 1. The second-order valence-electron chi connectivity index (χ2n) is 8.30. The van der Waals surface area contributed by atoms with Gasteiger partial charge in [0.05, 0.1) is 0 Å². The summed E-state index contributed by atoms with van der Waals surface area (Å²) < 4.78 is 0. The third-order valence-electron chi connectivity index (χ3n) is 6.35. The summed E-state index contributed by atoms with van der Waals surface area (Å²) >= 11 is 7.39. The lowest BCUT2D eigenvalue weighted by atomic mass is 9.79. The van der Waals surface area contributed by atoms with Crippen LogP contribution in [0.3, 0.4) is 0 Å². The number of nitrogens with one attached hydrogen (secondary N) is 3. The third kappa shape index (κ3) is 5.79. The average molecular weight is 461 g/mol. The van der Waals surface area contributed by atoms with Crippen molar-refractivity contribution in [1.29, 1.82) is 0 Å². The van der Waals surface area contributed by atoms with Gasteiger partial charge in [-0.1, -0.05) is 17.7 Å². The number of nitrogens with zero attached hydrogens (tertiary/aromatic N) is 1. The van der Waals surface area contributed by atoms with E-state index in [1.807, 2.05) is 22.4 Å². The van der Waals surface area contributed by atoms with Gasteiger partial charge in [-0.2, -0.15) is 0 Å². The van der Waals surface area contributed by atoms with E-state index >= 15 is 0 Å². The van der Waals surface area contributed by atoms with Gasteiger partial charge in [-0.25, -0.2) is 4.79 Å². The molecule has 1 aromatic heterocycles. The van der Waals surface area contributed by atoms with Crippen LogP contribution in [0.15, 0.2) is 41.8 Å². The van der Waals surface area contributed by atoms with Gasteiger partial charge in [0.1, 0.15) is 6.04 Å². The number of urea groups is 1. The summed E-state index contributed by atoms with van der Waals surface area (Å²) in [6, 6.07) is 9.61. The van der Waals surface area contributed by atoms with E-state index in [9.17, 15) is 9.59 Å². The Morgan fingerprint density at radius 2 is 1.71 bits per heavy atom. The van der Waals surface area contributed by atoms with Crippen LogP contribution in [0.5, 0.6) is 0 Å². The Kier molecular flexibility index (Phi) is 7.48. The van der Waals surface area contributed by atoms with Crippen molar-refractivity contribution in [3.63, 3.8) is 0 Å². The minimum absolute atomic E-state index is 0.0301. The number of rotatable bonds is 5. The minimum atomic E-state index is -0.678. The largest absolute Gasteiger partial charge is 0.341 e. The Balaban J connectivity index is 1.37. The molecule has 2 fully saturated rings. The molecule has 8 heteroatoms. The van der Waals surface area contributed by atoms with Crippen molar-refractivity contribution in [2.45, 2.75) is 31.7 Å². The molecular weight excluding hydrogens is 432 g/mol. The van der Waals surface area contributed by atoms with E-state index in [1.54, 1.807) is 24.3 Å². The van der Waals surface area contributed by atoms with E-state index in [4.69, 9.17) is 11.6 Å². The van der Waals surface area contributed by atoms with E-state index in [0.29, 0.717) is 16.6 Å². The number of piperidine rings is 2. The first-order chi connectivity index (χ1) is 15.1. The maximum absolute atomic E-state index is 13.4. The number of thiophene rings is 1. The maximum atomic E-state index is 13.4. The summed E-state index contributed by atoms with van der Waals surface area (Å²) in [6.45, 7) is 3.74. The zero-order valence-corrected chi connectivity index (χ0v) is 19.1. The molecule has 2 aliphatic rings. The molecule has 0 saturated carbocycles. The molecular formula is C23H29ClN4O2S. The normalized spacial score (nSPS) is 19.1. The zero-order valence-electron chi connectivity index (χ0n) is 17.5. The summed E-state index contributed by atoms with van der Waals surface area (Å²) in [5, 5.41) is 11.6. The first kappa shape index (κ1) is 22.1. The monoisotopic (exact) mass is 460 g/mol. The number of amides is 3. The van der Waals surface area contributed by atoms with Gasteiger partial charge in [-0.15, -0.1) is 11.3 Å². The first-order valence-electron chi connectivity index (χ1n) is 11.0. The number of anilines is 1. The molecule has 0 radical (unpaired) electrons. The predicted molar refractivity (Wildman–Crippen MR) is 126 cm³/mol. The SMILES string of the molecule is O=C(Nc1ccc(Cl)cc1)N[C@H](C(=O)N1CCC(C2CCNCC2)CC1)c1cccs1. The molecule has 31 heavy (non-hydrogen) atoms. The number of benzene rings is 1. The minimum Gasteiger partial charge on any atom is -0.341 e. The smallest absolute Gasteiger partial charge is 0.320 e. The highest BCUT2D eigenvalue weighted by molar-refractivity contribution is 7.10. The fourth-order valence-electron chi connectivity index (χ4n) is 4.63. The van der Waals surface area contributed by atoms with Gasteiger partial charge in [0, 0.05) is 28.7 Å². The number of carbonyl (C=O) groups excluding carboxylic acids is 2. The number of halogens is 1. The third-order valence-corrected chi connectivity index (χ3v) is 7.54. The van der Waals surface area contributed by atoms with Crippen molar-refractivity contribution >= 4 is 40.6 Å². The van der Waals surface area contributed by atoms with E-state index in [0.717, 1.165) is 49.8 Å². The van der Waals surface area contributed by atoms with Crippen molar-refractivity contribution in [3.8, 4) is 0 Å². The first-order valence-corrected chi connectivity index (χ1v) is 12.2. The van der Waals surface area contributed by atoms with Gasteiger partial charge in [0.15, 0.2) is 0 Å². The molecule has 3 heterocycles. The van der Waals surface area contributed by atoms with Crippen molar-refractivity contribution < 1.29 is 9.59 Å². The standard InChI is InChI=1S/C23H29ClN4O2S/c24-18-3-5-19(6-4-18)26-23(30)27-21(20-2-1-15-31-20)22(29)28-13-9-17(10-14-28)16-7-11-25-12-8-16/h1-6,15-17,21,25H,7-14H2,(H2,26,27,30)/t21-/m0/s1. The predicted octanol–water partition coefficient (Wildman–Crippen LogP) is 4.50. The summed E-state index contributed by atoms with van der Waals surface area (Å²) in [7, 11) is 0. The van der Waals surface area contributed by atoms with Crippen molar-refractivity contribution in [2.75, 3.05) is 31.5 Å². The van der Waals surface area contributed by atoms with E-state index in [2.05, 4.69) is 16.0 Å². The van der Waals surface area contributed by atoms with Gasteiger partial charge in [-0.05, 0) is 86.3 Å². The molecule has 3 amide bonds. The van der Waals surface area contributed by atoms with Crippen LogP contribution in [0.25, 0.3) is 0 Å². The molecule has 3 N–H and O–H groups in total. The lowest BCUT2D eigenvalue weighted by molar-refractivity contribution is -0.135. The number of carbonyl (C=O) groups is 2. The van der Waals surface area contributed by atoms with Crippen LogP contribution in [0.4, 0.5) is 10.5 Å². The van der Waals surface area contributed by atoms with Crippen LogP contribution in [0.2, 0.25) is 5.02 Å². The zero-order chi connectivity index (χ0) is 21.6. The van der Waals surface area contributed by atoms with Crippen LogP contribution >= 0.6 is 22.9 Å². The van der Waals surface area contributed by atoms with Crippen LogP contribution < -0.4 is 16.0 Å². The molecule has 4 rings (SSSR count). The number of hydrogen-bond acceptors (Lipinski definition) is 4. The summed E-state index contributed by atoms with van der Waals surface area (Å²) in [4.78, 5) is 28.8. The van der Waals surface area contributed by atoms with Gasteiger partial charge in [-0.3, -0.25) is 4.79 Å². The van der Waals surface area contributed by atoms with Crippen molar-refractivity contribution in [2.24, 2.45) is 11.8 Å². The Morgan fingerprint density at radius 1 is 1.03 bits per heavy atom. The molecule has 0 unspecified atom stereocenters. The fraction of sp³-hybridized carbons (Fsp3) is 0.478. The molecule has 0 bridgehead atoms. The molecule has 0 spiro atoms. The van der Waals surface area contributed by atoms with E-state index in [1.165, 1.54) is 24.2 Å². The molecule has 1 aromatic carbocycles. The Labute approximate surface area is 192 Å². The highest BCUT2D eigenvalue weighted by Gasteiger charge is 2.33. The highest BCUT2D eigenvalue weighted by atomic mass is 35.5. The molecule has 1 atom stereocenters. The van der Waals surface area contributed by atoms with Crippen LogP contribution in [0.1, 0.15) is 36.6 Å². The topological polar surface area (TPSA) is 73.5 Å². The van der Waals surface area contributed by atoms with E-state index in [-0.39, 0.29) is 5.91 Å². The summed E-state index contributed by atoms with van der Waals surface area (Å²) in [5.74, 6) is 1.44. The maximum Gasteiger partial charge on any atom is 0.320 e. The molecule has 6 nitrogen and oxygen atoms in total. The van der Waals surface area contributed by atoms with Gasteiger partial charge in [0.25, 0.3) is 5.91 Å². The summed E-state index contributed by atoms with van der Waals surface area (Å²) in [5.41, 5.74) is 0.627. The van der Waals surface area contributed by atoms with Gasteiger partial charge < -0.3 is 20.9 Å². The second-order valence-corrected chi connectivity index (χ2v) is 9.72. The molecule has 0 aliphatic carbocycles. The van der Waals surface area contributed by atoms with Crippen molar-refractivity contribution in [1.82, 2.24) is 15.5 Å². The molecule has 2 aromatic rings. The lowest BCUT2D eigenvalue weighted by Gasteiger charge is -2.38. The van der Waals surface area contributed by atoms with E-state index < -0.39 is 12.1 Å². The second kappa shape index (κ2) is 10.5. The lowest BCUT2D eigenvalue weighted by Crippen LogP contribution is -2.47. The number of hydrogen-bond donors (Lipinski definition) is 3. The molecule has 166 valence electrons. The highest BCUT2D eigenvalue weighted by Crippen LogP contribution is 2.32. The quantitative estimate of drug-likeness (QED) is 0.615. The Bertz CT molecular complexity index is 860. The summed E-state index contributed by atoms with van der Waals surface area (Å²) in [6.07, 6.45) is 4.57. The Morgan fingerprint density at radius 3 is 2.35 bits per heavy atom. The molecule has 2 saturated heterocycles. The van der Waals surface area contributed by atoms with Crippen LogP contribution in [0, 0.1) is 11.8 Å². The van der Waals surface area contributed by atoms with Gasteiger partial charge in [0.2, 0.25) is 0 Å². The van der Waals surface area contributed by atoms with Crippen molar-refractivity contribution in [3.05, 3.63) is 51.7 Å². The fourth-order valence-corrected chi connectivity index (χ4v) is 5.52. The van der Waals surface area contributed by atoms with Crippen LogP contribution in [-0.2, 0) is 4.79 Å². The Hall–Kier alpha value is -2.09. The average Bonchev–Trinajstić information content (AvgIpc) is 3.34. The van der Waals surface area contributed by atoms with Gasteiger partial charge >= 0.3 is 6.03 Å². The van der Waals surface area contributed by atoms with Crippen LogP contribution in [-0.4, -0.2) is 43.0 Å². The molecule has 2 aliphatic heterocycles.